The van der Waals surface area contributed by atoms with Gasteiger partial charge in [-0.25, -0.2) is 0 Å². The van der Waals surface area contributed by atoms with Gasteiger partial charge in [0.2, 0.25) is 0 Å². The first-order valence-electron chi connectivity index (χ1n) is 7.31. The topological polar surface area (TPSA) is 70.8 Å². The van der Waals surface area contributed by atoms with Crippen molar-refractivity contribution in [3.63, 3.8) is 0 Å². The first-order valence-corrected chi connectivity index (χ1v) is 8.53. The van der Waals surface area contributed by atoms with E-state index in [4.69, 9.17) is 4.42 Å². The molecule has 2 heterocycles. The van der Waals surface area contributed by atoms with Gasteiger partial charge in [0, 0.05) is 19.0 Å². The molecule has 0 aliphatic carbocycles. The van der Waals surface area contributed by atoms with Gasteiger partial charge in [-0.3, -0.25) is 9.59 Å². The van der Waals surface area contributed by atoms with Crippen LogP contribution in [0.5, 0.6) is 0 Å². The van der Waals surface area contributed by atoms with E-state index < -0.39 is 11.9 Å². The summed E-state index contributed by atoms with van der Waals surface area (Å²) in [5, 5.41) is 10.2. The van der Waals surface area contributed by atoms with Gasteiger partial charge in [-0.2, -0.15) is 0 Å². The number of carbonyl (C=O) groups excluding carboxylic acids is 1. The molecule has 1 aromatic carbocycles. The van der Waals surface area contributed by atoms with Crippen LogP contribution in [0.2, 0.25) is 0 Å². The SMILES string of the molecule is CSc1ccc(C(=O)N2CC(C(=O)O)C(c3ccccc3)C2)o1. The van der Waals surface area contributed by atoms with Crippen molar-refractivity contribution in [2.45, 2.75) is 11.0 Å². The first kappa shape index (κ1) is 15.7. The fourth-order valence-corrected chi connectivity index (χ4v) is 3.34. The Morgan fingerprint density at radius 3 is 2.52 bits per heavy atom. The summed E-state index contributed by atoms with van der Waals surface area (Å²) < 4.78 is 5.47. The van der Waals surface area contributed by atoms with E-state index in [0.29, 0.717) is 11.6 Å². The lowest BCUT2D eigenvalue weighted by molar-refractivity contribution is -0.141. The van der Waals surface area contributed by atoms with E-state index in [2.05, 4.69) is 0 Å². The average Bonchev–Trinajstić information content (AvgIpc) is 3.22. The second kappa shape index (κ2) is 6.50. The summed E-state index contributed by atoms with van der Waals surface area (Å²) in [6.07, 6.45) is 1.87. The zero-order valence-corrected chi connectivity index (χ0v) is 13.5. The molecule has 120 valence electrons. The van der Waals surface area contributed by atoms with E-state index in [1.807, 2.05) is 36.6 Å². The van der Waals surface area contributed by atoms with Crippen LogP contribution in [0.1, 0.15) is 22.0 Å². The highest BCUT2D eigenvalue weighted by molar-refractivity contribution is 7.98. The maximum Gasteiger partial charge on any atom is 0.308 e. The molecule has 1 fully saturated rings. The summed E-state index contributed by atoms with van der Waals surface area (Å²) in [5.41, 5.74) is 0.944. The van der Waals surface area contributed by atoms with Crippen molar-refractivity contribution in [2.24, 2.45) is 5.92 Å². The summed E-state index contributed by atoms with van der Waals surface area (Å²) >= 11 is 1.42. The Morgan fingerprint density at radius 2 is 1.91 bits per heavy atom. The second-order valence-corrected chi connectivity index (χ2v) is 6.31. The number of benzene rings is 1. The molecule has 3 rings (SSSR count). The Labute approximate surface area is 138 Å². The van der Waals surface area contributed by atoms with Crippen LogP contribution >= 0.6 is 11.8 Å². The van der Waals surface area contributed by atoms with Gasteiger partial charge in [0.15, 0.2) is 10.9 Å². The second-order valence-electron chi connectivity index (χ2n) is 5.49. The monoisotopic (exact) mass is 331 g/mol. The van der Waals surface area contributed by atoms with Crippen LogP contribution in [0, 0.1) is 5.92 Å². The number of nitrogens with zero attached hydrogens (tertiary/aromatic N) is 1. The van der Waals surface area contributed by atoms with Crippen molar-refractivity contribution in [1.82, 2.24) is 4.90 Å². The van der Waals surface area contributed by atoms with Gasteiger partial charge in [-0.1, -0.05) is 42.1 Å². The molecule has 23 heavy (non-hydrogen) atoms. The molecule has 1 N–H and O–H groups in total. The van der Waals surface area contributed by atoms with Crippen LogP contribution in [-0.2, 0) is 4.79 Å². The number of rotatable bonds is 4. The lowest BCUT2D eigenvalue weighted by atomic mass is 9.89. The molecule has 1 aliphatic heterocycles. The number of carboxylic acid groups (broad SMARTS) is 1. The summed E-state index contributed by atoms with van der Waals surface area (Å²) in [6.45, 7) is 0.581. The minimum absolute atomic E-state index is 0.197. The number of furan rings is 1. The van der Waals surface area contributed by atoms with Crippen LogP contribution in [-0.4, -0.2) is 41.2 Å². The molecular formula is C17H17NO4S. The molecule has 0 spiro atoms. The van der Waals surface area contributed by atoms with Crippen LogP contribution < -0.4 is 0 Å². The molecular weight excluding hydrogens is 314 g/mol. The molecule has 2 unspecified atom stereocenters. The summed E-state index contributed by atoms with van der Waals surface area (Å²) in [6, 6.07) is 12.9. The number of carbonyl (C=O) groups is 2. The number of aliphatic carboxylic acids is 1. The summed E-state index contributed by atoms with van der Waals surface area (Å²) in [7, 11) is 0. The number of carboxylic acids is 1. The van der Waals surface area contributed by atoms with Crippen molar-refractivity contribution >= 4 is 23.6 Å². The predicted octanol–water partition coefficient (Wildman–Crippen LogP) is 2.94. The van der Waals surface area contributed by atoms with Gasteiger partial charge in [0.05, 0.1) is 5.92 Å². The van der Waals surface area contributed by atoms with Gasteiger partial charge in [-0.15, -0.1) is 0 Å². The standard InChI is InChI=1S/C17H17NO4S/c1-23-15-8-7-14(22-15)16(19)18-9-12(13(10-18)17(20)21)11-5-3-2-4-6-11/h2-8,12-13H,9-10H2,1H3,(H,20,21). The van der Waals surface area contributed by atoms with E-state index >= 15 is 0 Å². The van der Waals surface area contributed by atoms with E-state index in [9.17, 15) is 14.7 Å². The molecule has 1 saturated heterocycles. The molecule has 0 saturated carbocycles. The van der Waals surface area contributed by atoms with E-state index in [1.54, 1.807) is 17.0 Å². The normalized spacial score (nSPS) is 20.7. The van der Waals surface area contributed by atoms with Crippen molar-refractivity contribution in [1.29, 1.82) is 0 Å². The molecule has 0 radical (unpaired) electrons. The quantitative estimate of drug-likeness (QED) is 0.872. The molecule has 2 atom stereocenters. The van der Waals surface area contributed by atoms with Gasteiger partial charge in [0.25, 0.3) is 5.91 Å². The van der Waals surface area contributed by atoms with E-state index in [-0.39, 0.29) is 24.1 Å². The Balaban J connectivity index is 1.82. The fraction of sp³-hybridized carbons (Fsp3) is 0.294. The van der Waals surface area contributed by atoms with Crippen molar-refractivity contribution in [3.05, 3.63) is 53.8 Å². The largest absolute Gasteiger partial charge is 0.481 e. The zero-order chi connectivity index (χ0) is 16.4. The molecule has 0 bridgehead atoms. The predicted molar refractivity (Wildman–Crippen MR) is 86.7 cm³/mol. The minimum Gasteiger partial charge on any atom is -0.481 e. The van der Waals surface area contributed by atoms with Gasteiger partial charge < -0.3 is 14.4 Å². The lowest BCUT2D eigenvalue weighted by Gasteiger charge is -2.15. The third-order valence-electron chi connectivity index (χ3n) is 4.15. The average molecular weight is 331 g/mol. The van der Waals surface area contributed by atoms with Gasteiger partial charge in [0.1, 0.15) is 0 Å². The first-order chi connectivity index (χ1) is 11.1. The Morgan fingerprint density at radius 1 is 1.17 bits per heavy atom. The van der Waals surface area contributed by atoms with Crippen molar-refractivity contribution in [2.75, 3.05) is 19.3 Å². The zero-order valence-electron chi connectivity index (χ0n) is 12.6. The fourth-order valence-electron chi connectivity index (χ4n) is 2.96. The minimum atomic E-state index is -0.876. The molecule has 6 heteroatoms. The van der Waals surface area contributed by atoms with Crippen LogP contribution in [0.3, 0.4) is 0 Å². The summed E-state index contributed by atoms with van der Waals surface area (Å²) in [5.74, 6) is -1.68. The maximum atomic E-state index is 12.6. The van der Waals surface area contributed by atoms with Crippen LogP contribution in [0.15, 0.2) is 52.0 Å². The maximum absolute atomic E-state index is 12.6. The Hall–Kier alpha value is -2.21. The lowest BCUT2D eigenvalue weighted by Crippen LogP contribution is -2.29. The number of amides is 1. The Kier molecular flexibility index (Phi) is 4.43. The highest BCUT2D eigenvalue weighted by Crippen LogP contribution is 2.34. The number of hydrogen-bond donors (Lipinski definition) is 1. The number of likely N-dealkylation sites (tertiary alicyclic amines) is 1. The molecule has 2 aromatic rings. The van der Waals surface area contributed by atoms with Crippen molar-refractivity contribution < 1.29 is 19.1 Å². The summed E-state index contributed by atoms with van der Waals surface area (Å²) in [4.78, 5) is 25.7. The van der Waals surface area contributed by atoms with Crippen molar-refractivity contribution in [3.8, 4) is 0 Å². The Bertz CT molecular complexity index is 712. The molecule has 1 aromatic heterocycles. The third kappa shape index (κ3) is 3.12. The van der Waals surface area contributed by atoms with Crippen LogP contribution in [0.4, 0.5) is 0 Å². The molecule has 5 nitrogen and oxygen atoms in total. The molecule has 1 aliphatic rings. The van der Waals surface area contributed by atoms with Gasteiger partial charge >= 0.3 is 5.97 Å². The highest BCUT2D eigenvalue weighted by atomic mass is 32.2. The number of thioether (sulfide) groups is 1. The smallest absolute Gasteiger partial charge is 0.308 e. The van der Waals surface area contributed by atoms with E-state index in [1.165, 1.54) is 11.8 Å². The van der Waals surface area contributed by atoms with Gasteiger partial charge in [-0.05, 0) is 24.0 Å². The third-order valence-corrected chi connectivity index (χ3v) is 4.77. The highest BCUT2D eigenvalue weighted by Gasteiger charge is 2.41. The number of hydrogen-bond acceptors (Lipinski definition) is 4. The van der Waals surface area contributed by atoms with Crippen LogP contribution in [0.25, 0.3) is 0 Å². The molecule has 1 amide bonds. The van der Waals surface area contributed by atoms with E-state index in [0.717, 1.165) is 5.56 Å².